The lowest BCUT2D eigenvalue weighted by Gasteiger charge is -2.36. The van der Waals surface area contributed by atoms with Gasteiger partial charge in [-0.25, -0.2) is 9.48 Å². The van der Waals surface area contributed by atoms with Crippen LogP contribution in [0.2, 0.25) is 0 Å². The third kappa shape index (κ3) is 9.26. The van der Waals surface area contributed by atoms with Gasteiger partial charge in [0, 0.05) is 18.5 Å². The Bertz CT molecular complexity index is 2590. The molecule has 0 spiro atoms. The van der Waals surface area contributed by atoms with Crippen molar-refractivity contribution < 1.29 is 27.3 Å². The van der Waals surface area contributed by atoms with Gasteiger partial charge in [-0.05, 0) is 81.6 Å². The van der Waals surface area contributed by atoms with Gasteiger partial charge in [0.25, 0.3) is 10.1 Å². The molecule has 1 heterocycles. The number of rotatable bonds is 18. The maximum absolute atomic E-state index is 13.8. The average Bonchev–Trinajstić information content (AvgIpc) is 3.77. The van der Waals surface area contributed by atoms with E-state index in [-0.39, 0.29) is 36.3 Å². The number of carboxylic acid groups (broad SMARTS) is 1. The molecule has 1 amide bonds. The van der Waals surface area contributed by atoms with Gasteiger partial charge >= 0.3 is 5.97 Å². The summed E-state index contributed by atoms with van der Waals surface area (Å²) >= 11 is 0. The number of aromatic nitrogens is 4. The van der Waals surface area contributed by atoms with Crippen LogP contribution in [0.4, 0.5) is 0 Å². The lowest BCUT2D eigenvalue weighted by Crippen LogP contribution is -2.47. The zero-order valence-corrected chi connectivity index (χ0v) is 35.7. The van der Waals surface area contributed by atoms with Crippen LogP contribution in [0.25, 0.3) is 22.5 Å². The number of aryl methyl sites for hydroxylation is 1. The van der Waals surface area contributed by atoms with Crippen molar-refractivity contribution in [2.24, 2.45) is 5.92 Å². The molecule has 0 bridgehead atoms. The van der Waals surface area contributed by atoms with Crippen molar-refractivity contribution in [3.63, 3.8) is 0 Å². The van der Waals surface area contributed by atoms with Gasteiger partial charge in [0.15, 0.2) is 5.82 Å². The Hall–Kier alpha value is -6.76. The standard InChI is InChI=1S/C50H49N5O6S/c1-36(2)47(49(57)58)54(46(56)25-15-16-34-61-62(59,60)43-32-26-37(3)27-33-43)35-38-28-30-39(31-29-38)44-23-13-14-24-45(44)48-51-52-53-55(48)50(40-17-7-4-8-18-40,41-19-9-5-10-20-41)42-21-11-6-12-22-42/h4-14,17-24,26-33,36,47H,15-16,25,34-35H2,1-3H3,(H,57,58). The monoisotopic (exact) mass is 847 g/mol. The summed E-state index contributed by atoms with van der Waals surface area (Å²) in [5.74, 6) is -1.25. The number of hydrogen-bond acceptors (Lipinski definition) is 8. The first-order valence-corrected chi connectivity index (χ1v) is 22.0. The number of benzene rings is 6. The number of nitrogens with zero attached hydrogens (tertiary/aromatic N) is 5. The van der Waals surface area contributed by atoms with Gasteiger partial charge in [0.2, 0.25) is 5.91 Å². The number of amides is 1. The van der Waals surface area contributed by atoms with Crippen molar-refractivity contribution in [2.45, 2.75) is 63.1 Å². The van der Waals surface area contributed by atoms with Gasteiger partial charge < -0.3 is 10.0 Å². The van der Waals surface area contributed by atoms with Crippen molar-refractivity contribution in [1.29, 1.82) is 0 Å². The summed E-state index contributed by atoms with van der Waals surface area (Å²) in [4.78, 5) is 27.8. The van der Waals surface area contributed by atoms with Crippen LogP contribution in [0.3, 0.4) is 0 Å². The number of carbonyl (C=O) groups excluding carboxylic acids is 1. The predicted molar refractivity (Wildman–Crippen MR) is 238 cm³/mol. The highest BCUT2D eigenvalue weighted by Gasteiger charge is 2.42. The lowest BCUT2D eigenvalue weighted by molar-refractivity contribution is -0.153. The van der Waals surface area contributed by atoms with Gasteiger partial charge in [-0.15, -0.1) is 5.10 Å². The molecular weight excluding hydrogens is 799 g/mol. The SMILES string of the molecule is Cc1ccc(S(=O)(=O)OCCCCC(=O)N(Cc2ccc(-c3ccccc3-c3nnnn3C(c3ccccc3)(c3ccccc3)c3ccccc3)cc2)C(C(=O)O)C(C)C)cc1. The molecule has 0 saturated heterocycles. The van der Waals surface area contributed by atoms with Crippen LogP contribution in [-0.2, 0) is 36.0 Å². The van der Waals surface area contributed by atoms with E-state index in [2.05, 4.69) is 46.7 Å². The maximum atomic E-state index is 13.8. The zero-order chi connectivity index (χ0) is 43.7. The molecular formula is C50H49N5O6S. The molecule has 0 aliphatic rings. The van der Waals surface area contributed by atoms with Crippen LogP contribution in [0.15, 0.2) is 169 Å². The molecule has 0 aliphatic heterocycles. The highest BCUT2D eigenvalue weighted by atomic mass is 32.2. The first kappa shape index (κ1) is 43.3. The van der Waals surface area contributed by atoms with Crippen LogP contribution in [0.1, 0.15) is 60.9 Å². The van der Waals surface area contributed by atoms with Crippen LogP contribution in [0, 0.1) is 12.8 Å². The molecule has 0 saturated carbocycles. The molecule has 1 aromatic heterocycles. The van der Waals surface area contributed by atoms with Crippen molar-refractivity contribution in [2.75, 3.05) is 6.61 Å². The Kier molecular flexibility index (Phi) is 13.5. The quantitative estimate of drug-likeness (QED) is 0.0508. The molecule has 1 atom stereocenters. The summed E-state index contributed by atoms with van der Waals surface area (Å²) in [6.45, 7) is 5.39. The highest BCUT2D eigenvalue weighted by molar-refractivity contribution is 7.86. The normalized spacial score (nSPS) is 12.3. The first-order valence-electron chi connectivity index (χ1n) is 20.6. The van der Waals surface area contributed by atoms with E-state index < -0.39 is 27.7 Å². The summed E-state index contributed by atoms with van der Waals surface area (Å²) in [5.41, 5.74) is 6.23. The predicted octanol–water partition coefficient (Wildman–Crippen LogP) is 9.17. The smallest absolute Gasteiger partial charge is 0.326 e. The molecule has 6 aromatic carbocycles. The molecule has 1 N–H and O–H groups in total. The van der Waals surface area contributed by atoms with Crippen molar-refractivity contribution >= 4 is 22.0 Å². The summed E-state index contributed by atoms with van der Waals surface area (Å²) in [5, 5.41) is 24.0. The largest absolute Gasteiger partial charge is 0.480 e. The Morgan fingerprint density at radius 2 is 1.24 bits per heavy atom. The van der Waals surface area contributed by atoms with E-state index >= 15 is 0 Å². The summed E-state index contributed by atoms with van der Waals surface area (Å²) in [6, 6.07) is 51.6. The average molecular weight is 848 g/mol. The molecule has 0 fully saturated rings. The van der Waals surface area contributed by atoms with E-state index in [0.29, 0.717) is 18.7 Å². The summed E-state index contributed by atoms with van der Waals surface area (Å²) in [6.07, 6.45) is 0.643. The van der Waals surface area contributed by atoms with Crippen LogP contribution in [-0.4, -0.2) is 63.2 Å². The van der Waals surface area contributed by atoms with Crippen LogP contribution < -0.4 is 0 Å². The number of hydrogen-bond donors (Lipinski definition) is 1. The Labute approximate surface area is 362 Å². The maximum Gasteiger partial charge on any atom is 0.326 e. The van der Waals surface area contributed by atoms with Gasteiger partial charge in [0.1, 0.15) is 11.6 Å². The van der Waals surface area contributed by atoms with E-state index in [9.17, 15) is 23.1 Å². The molecule has 62 heavy (non-hydrogen) atoms. The molecule has 7 aromatic rings. The van der Waals surface area contributed by atoms with Crippen molar-refractivity contribution in [3.05, 3.63) is 192 Å². The molecule has 0 radical (unpaired) electrons. The molecule has 316 valence electrons. The summed E-state index contributed by atoms with van der Waals surface area (Å²) in [7, 11) is -3.94. The second-order valence-corrected chi connectivity index (χ2v) is 17.2. The summed E-state index contributed by atoms with van der Waals surface area (Å²) < 4.78 is 32.4. The van der Waals surface area contributed by atoms with E-state index in [1.165, 1.54) is 17.0 Å². The fraction of sp³-hybridized carbons (Fsp3) is 0.220. The zero-order valence-electron chi connectivity index (χ0n) is 34.9. The fourth-order valence-electron chi connectivity index (χ4n) is 7.99. The van der Waals surface area contributed by atoms with Gasteiger partial charge in [-0.2, -0.15) is 8.42 Å². The van der Waals surface area contributed by atoms with Crippen molar-refractivity contribution in [3.8, 4) is 22.5 Å². The number of carbonyl (C=O) groups is 2. The van der Waals surface area contributed by atoms with Crippen LogP contribution in [0.5, 0.6) is 0 Å². The Morgan fingerprint density at radius 1 is 0.710 bits per heavy atom. The number of tetrazole rings is 1. The minimum absolute atomic E-state index is 0.0288. The van der Waals surface area contributed by atoms with E-state index in [0.717, 1.165) is 44.5 Å². The van der Waals surface area contributed by atoms with E-state index in [4.69, 9.17) is 9.40 Å². The Morgan fingerprint density at radius 3 is 1.77 bits per heavy atom. The second-order valence-electron chi connectivity index (χ2n) is 15.6. The van der Waals surface area contributed by atoms with E-state index in [1.807, 2.05) is 115 Å². The van der Waals surface area contributed by atoms with Gasteiger partial charge in [-0.1, -0.05) is 171 Å². The lowest BCUT2D eigenvalue weighted by atomic mass is 9.77. The second kappa shape index (κ2) is 19.3. The topological polar surface area (TPSA) is 145 Å². The van der Waals surface area contributed by atoms with E-state index in [1.54, 1.807) is 26.0 Å². The molecule has 1 unspecified atom stereocenters. The molecule has 0 aliphatic carbocycles. The number of carboxylic acids is 1. The number of aliphatic carboxylic acids is 1. The fourth-order valence-corrected chi connectivity index (χ4v) is 8.93. The first-order chi connectivity index (χ1) is 30.0. The number of unbranched alkanes of at least 4 members (excludes halogenated alkanes) is 1. The van der Waals surface area contributed by atoms with Crippen molar-refractivity contribution in [1.82, 2.24) is 25.1 Å². The molecule has 7 rings (SSSR count). The molecule has 11 nitrogen and oxygen atoms in total. The molecule has 12 heteroatoms. The minimum atomic E-state index is -3.94. The third-order valence-corrected chi connectivity index (χ3v) is 12.3. The van der Waals surface area contributed by atoms with Gasteiger partial charge in [0.05, 0.1) is 11.5 Å². The Balaban J connectivity index is 1.16. The van der Waals surface area contributed by atoms with Crippen LogP contribution >= 0.6 is 0 Å². The third-order valence-electron chi connectivity index (χ3n) is 11.0. The highest BCUT2D eigenvalue weighted by Crippen LogP contribution is 2.43. The van der Waals surface area contributed by atoms with Gasteiger partial charge in [-0.3, -0.25) is 8.98 Å². The minimum Gasteiger partial charge on any atom is -0.480 e.